The molecule has 2 aromatic rings. The van der Waals surface area contributed by atoms with Crippen LogP contribution in [0.3, 0.4) is 0 Å². The lowest BCUT2D eigenvalue weighted by Gasteiger charge is -2.25. The van der Waals surface area contributed by atoms with Crippen molar-refractivity contribution < 1.29 is 29.1 Å². The first-order chi connectivity index (χ1) is 20.3. The molecule has 4 amide bonds. The van der Waals surface area contributed by atoms with Crippen molar-refractivity contribution in [1.29, 1.82) is 0 Å². The van der Waals surface area contributed by atoms with E-state index >= 15 is 0 Å². The molecule has 15 heteroatoms. The standard InChI is InChI=1S/C28H43N9O6/c1-15(2)12-18(29)24(39)37-22(13-16-14-34-19-7-4-3-6-17(16)19)26(41)35-20(9-10-23(30)38)25(40)36-21(27(42)43)8-5-11-33-28(31)32/h3-4,6-7,14-15,18,20-22,34H,5,8-13,29H2,1-2H3,(H2,30,38)(H,35,41)(H,36,40)(H,37,39)(H,42,43)(H4,31,32,33). The number of H-pyrrole nitrogens is 1. The van der Waals surface area contributed by atoms with Crippen LogP contribution in [0.1, 0.15) is 51.5 Å². The Morgan fingerprint density at radius 1 is 0.907 bits per heavy atom. The quantitative estimate of drug-likeness (QED) is 0.0571. The first-order valence-electron chi connectivity index (χ1n) is 14.1. The molecule has 15 nitrogen and oxygen atoms in total. The number of hydrogen-bond donors (Lipinski definition) is 9. The van der Waals surface area contributed by atoms with Gasteiger partial charge in [0.25, 0.3) is 0 Å². The maximum Gasteiger partial charge on any atom is 0.326 e. The van der Waals surface area contributed by atoms with Gasteiger partial charge in [0.2, 0.25) is 23.6 Å². The van der Waals surface area contributed by atoms with Gasteiger partial charge in [0.15, 0.2) is 5.96 Å². The fourth-order valence-corrected chi connectivity index (χ4v) is 4.48. The number of para-hydroxylation sites is 1. The second-order valence-electron chi connectivity index (χ2n) is 10.8. The van der Waals surface area contributed by atoms with Crippen LogP contribution >= 0.6 is 0 Å². The predicted octanol–water partition coefficient (Wildman–Crippen LogP) is -1.06. The number of rotatable bonds is 18. The van der Waals surface area contributed by atoms with Crippen molar-refractivity contribution in [2.24, 2.45) is 33.8 Å². The summed E-state index contributed by atoms with van der Waals surface area (Å²) in [4.78, 5) is 70.0. The second kappa shape index (κ2) is 16.7. The van der Waals surface area contributed by atoms with Crippen LogP contribution < -0.4 is 38.9 Å². The van der Waals surface area contributed by atoms with Crippen molar-refractivity contribution in [3.05, 3.63) is 36.0 Å². The van der Waals surface area contributed by atoms with Gasteiger partial charge in [0.1, 0.15) is 18.1 Å². The minimum absolute atomic E-state index is 0.00131. The molecular formula is C28H43N9O6. The van der Waals surface area contributed by atoms with Crippen molar-refractivity contribution in [1.82, 2.24) is 20.9 Å². The van der Waals surface area contributed by atoms with Gasteiger partial charge in [-0.05, 0) is 43.2 Å². The van der Waals surface area contributed by atoms with E-state index < -0.39 is 53.8 Å². The summed E-state index contributed by atoms with van der Waals surface area (Å²) in [6, 6.07) is 2.76. The first kappa shape index (κ1) is 34.5. The Labute approximate surface area is 249 Å². The number of aromatic nitrogens is 1. The molecule has 1 heterocycles. The maximum absolute atomic E-state index is 13.6. The van der Waals surface area contributed by atoms with E-state index in [4.69, 9.17) is 22.9 Å². The summed E-state index contributed by atoms with van der Waals surface area (Å²) in [5.74, 6) is -4.14. The van der Waals surface area contributed by atoms with E-state index in [0.29, 0.717) is 6.42 Å². The number of nitrogens with two attached hydrogens (primary N) is 4. The summed E-state index contributed by atoms with van der Waals surface area (Å²) in [5, 5.41) is 18.1. The van der Waals surface area contributed by atoms with Gasteiger partial charge in [0.05, 0.1) is 6.04 Å². The molecule has 1 aromatic heterocycles. The Bertz CT molecular complexity index is 1300. The van der Waals surface area contributed by atoms with Gasteiger partial charge in [-0.25, -0.2) is 4.79 Å². The van der Waals surface area contributed by atoms with Gasteiger partial charge < -0.3 is 49.0 Å². The number of carbonyl (C=O) groups excluding carboxylic acids is 4. The zero-order chi connectivity index (χ0) is 32.1. The lowest BCUT2D eigenvalue weighted by molar-refractivity contribution is -0.142. The third kappa shape index (κ3) is 11.6. The van der Waals surface area contributed by atoms with Gasteiger partial charge >= 0.3 is 5.97 Å². The minimum Gasteiger partial charge on any atom is -0.480 e. The van der Waals surface area contributed by atoms with E-state index in [2.05, 4.69) is 25.9 Å². The summed E-state index contributed by atoms with van der Waals surface area (Å²) in [6.45, 7) is 3.98. The lowest BCUT2D eigenvalue weighted by atomic mass is 10.0. The number of hydrogen-bond acceptors (Lipinski definition) is 7. The highest BCUT2D eigenvalue weighted by molar-refractivity contribution is 5.95. The Hall–Kier alpha value is -4.66. The molecule has 13 N–H and O–H groups in total. The Kier molecular flexibility index (Phi) is 13.4. The van der Waals surface area contributed by atoms with Crippen LogP contribution in [0.2, 0.25) is 0 Å². The number of guanidine groups is 1. The van der Waals surface area contributed by atoms with Crippen molar-refractivity contribution in [3.63, 3.8) is 0 Å². The monoisotopic (exact) mass is 601 g/mol. The number of amides is 4. The fourth-order valence-electron chi connectivity index (χ4n) is 4.48. The van der Waals surface area contributed by atoms with Gasteiger partial charge in [-0.2, -0.15) is 0 Å². The molecule has 1 aromatic carbocycles. The molecule has 0 aliphatic heterocycles. The average Bonchev–Trinajstić information content (AvgIpc) is 3.33. The third-order valence-corrected chi connectivity index (χ3v) is 6.67. The average molecular weight is 602 g/mol. The lowest BCUT2D eigenvalue weighted by Crippen LogP contribution is -2.57. The molecule has 0 saturated carbocycles. The Balaban J connectivity index is 2.28. The van der Waals surface area contributed by atoms with E-state index in [-0.39, 0.29) is 50.5 Å². The number of carboxylic acid groups (broad SMARTS) is 1. The van der Waals surface area contributed by atoms with Crippen LogP contribution in [0.5, 0.6) is 0 Å². The van der Waals surface area contributed by atoms with E-state index in [1.165, 1.54) is 0 Å². The number of carbonyl (C=O) groups is 5. The summed E-state index contributed by atoms with van der Waals surface area (Å²) < 4.78 is 0. The number of aliphatic imine (C=N–C) groups is 1. The van der Waals surface area contributed by atoms with Crippen molar-refractivity contribution >= 4 is 46.5 Å². The van der Waals surface area contributed by atoms with Crippen molar-refractivity contribution in [3.8, 4) is 0 Å². The number of carboxylic acids is 1. The fraction of sp³-hybridized carbons (Fsp3) is 0.500. The molecule has 0 bridgehead atoms. The SMILES string of the molecule is CC(C)CC(N)C(=O)NC(Cc1c[nH]c2ccccc12)C(=O)NC(CCC(N)=O)C(=O)NC(CCCN=C(N)N)C(=O)O. The van der Waals surface area contributed by atoms with E-state index in [1.54, 1.807) is 6.20 Å². The van der Waals surface area contributed by atoms with E-state index in [0.717, 1.165) is 16.5 Å². The van der Waals surface area contributed by atoms with Crippen molar-refractivity contribution in [2.45, 2.75) is 76.5 Å². The summed E-state index contributed by atoms with van der Waals surface area (Å²) in [5.41, 5.74) is 23.5. The van der Waals surface area contributed by atoms with Gasteiger partial charge in [-0.3, -0.25) is 24.2 Å². The number of fused-ring (bicyclic) bond motifs is 1. The largest absolute Gasteiger partial charge is 0.480 e. The number of primary amides is 1. The zero-order valence-electron chi connectivity index (χ0n) is 24.5. The van der Waals surface area contributed by atoms with Crippen LogP contribution in [0.15, 0.2) is 35.5 Å². The highest BCUT2D eigenvalue weighted by Gasteiger charge is 2.31. The molecule has 0 radical (unpaired) electrons. The zero-order valence-corrected chi connectivity index (χ0v) is 24.5. The maximum atomic E-state index is 13.6. The number of aromatic amines is 1. The molecular weight excluding hydrogens is 558 g/mol. The Morgan fingerprint density at radius 3 is 2.16 bits per heavy atom. The highest BCUT2D eigenvalue weighted by atomic mass is 16.4. The normalized spacial score (nSPS) is 13.9. The highest BCUT2D eigenvalue weighted by Crippen LogP contribution is 2.19. The number of benzene rings is 1. The smallest absolute Gasteiger partial charge is 0.326 e. The molecule has 4 unspecified atom stereocenters. The molecule has 0 aliphatic carbocycles. The number of nitrogens with zero attached hydrogens (tertiary/aromatic N) is 1. The van der Waals surface area contributed by atoms with Crippen LogP contribution in [0, 0.1) is 5.92 Å². The van der Waals surface area contributed by atoms with Gasteiger partial charge in [-0.15, -0.1) is 0 Å². The third-order valence-electron chi connectivity index (χ3n) is 6.67. The van der Waals surface area contributed by atoms with Crippen LogP contribution in [-0.2, 0) is 30.4 Å². The molecule has 2 rings (SSSR count). The molecule has 4 atom stereocenters. The van der Waals surface area contributed by atoms with Gasteiger partial charge in [-0.1, -0.05) is 32.0 Å². The van der Waals surface area contributed by atoms with E-state index in [1.807, 2.05) is 38.1 Å². The van der Waals surface area contributed by atoms with Crippen molar-refractivity contribution in [2.75, 3.05) is 6.54 Å². The summed E-state index contributed by atoms with van der Waals surface area (Å²) in [6.07, 6.45) is 1.96. The van der Waals surface area contributed by atoms with Gasteiger partial charge in [0, 0.05) is 36.5 Å². The van der Waals surface area contributed by atoms with Crippen LogP contribution in [0.25, 0.3) is 10.9 Å². The molecule has 43 heavy (non-hydrogen) atoms. The Morgan fingerprint density at radius 2 is 1.53 bits per heavy atom. The molecule has 236 valence electrons. The van der Waals surface area contributed by atoms with E-state index in [9.17, 15) is 29.1 Å². The topological polar surface area (TPSA) is 274 Å². The molecule has 0 spiro atoms. The minimum atomic E-state index is -1.33. The second-order valence-corrected chi connectivity index (χ2v) is 10.8. The van der Waals surface area contributed by atoms with Crippen LogP contribution in [-0.4, -0.2) is 76.4 Å². The molecule has 0 saturated heterocycles. The summed E-state index contributed by atoms with van der Waals surface area (Å²) in [7, 11) is 0. The predicted molar refractivity (Wildman–Crippen MR) is 161 cm³/mol. The summed E-state index contributed by atoms with van der Waals surface area (Å²) >= 11 is 0. The molecule has 0 aliphatic rings. The molecule has 0 fully saturated rings. The number of aliphatic carboxylic acids is 1. The number of nitrogens with one attached hydrogen (secondary N) is 4. The van der Waals surface area contributed by atoms with Crippen LogP contribution in [0.4, 0.5) is 0 Å². The first-order valence-corrected chi connectivity index (χ1v) is 14.1.